The summed E-state index contributed by atoms with van der Waals surface area (Å²) < 4.78 is 26.8. The zero-order chi connectivity index (χ0) is 23.6. The van der Waals surface area contributed by atoms with E-state index in [0.717, 1.165) is 52.1 Å². The van der Waals surface area contributed by atoms with Crippen molar-refractivity contribution in [2.45, 2.75) is 38.3 Å². The van der Waals surface area contributed by atoms with Crippen LogP contribution in [-0.2, 0) is 34.3 Å². The number of anilines is 1. The van der Waals surface area contributed by atoms with Crippen molar-refractivity contribution >= 4 is 32.4 Å². The number of benzene rings is 2. The molecule has 1 aromatic heterocycles. The number of likely N-dealkylation sites (N-methyl/N-ethyl adjacent to an activating group) is 1. The smallest absolute Gasteiger partial charge is 0.243 e. The highest BCUT2D eigenvalue weighted by atomic mass is 32.2. The van der Waals surface area contributed by atoms with Crippen molar-refractivity contribution in [3.05, 3.63) is 75.8 Å². The second-order valence-corrected chi connectivity index (χ2v) is 11.5. The van der Waals surface area contributed by atoms with Gasteiger partial charge in [-0.2, -0.15) is 4.31 Å². The third-order valence-corrected chi connectivity index (χ3v) is 8.66. The summed E-state index contributed by atoms with van der Waals surface area (Å²) in [5.41, 5.74) is 4.19. The van der Waals surface area contributed by atoms with Gasteiger partial charge in [-0.3, -0.25) is 9.69 Å². The molecule has 0 atom stereocenters. The number of thiazole rings is 1. The van der Waals surface area contributed by atoms with Crippen molar-refractivity contribution in [2.24, 2.45) is 0 Å². The van der Waals surface area contributed by atoms with Gasteiger partial charge < -0.3 is 5.32 Å². The summed E-state index contributed by atoms with van der Waals surface area (Å²) in [7, 11) is -2.34. The number of aromatic nitrogens is 1. The van der Waals surface area contributed by atoms with E-state index in [1.165, 1.54) is 23.9 Å². The van der Waals surface area contributed by atoms with Crippen molar-refractivity contribution in [2.75, 3.05) is 25.5 Å². The van der Waals surface area contributed by atoms with Crippen molar-refractivity contribution in [1.29, 1.82) is 0 Å². The SMILES string of the molecule is Cc1ccc(S(=O)(=O)N(C)CC(=O)Nc2nc3c(s2)CN(Cc2ccccc2)CC3)cc1C. The second-order valence-electron chi connectivity index (χ2n) is 8.39. The minimum absolute atomic E-state index is 0.184. The Morgan fingerprint density at radius 2 is 1.91 bits per heavy atom. The Bertz CT molecular complexity index is 1260. The predicted molar refractivity (Wildman–Crippen MR) is 131 cm³/mol. The summed E-state index contributed by atoms with van der Waals surface area (Å²) in [6, 6.07) is 15.3. The van der Waals surface area contributed by atoms with Gasteiger partial charge >= 0.3 is 0 Å². The summed E-state index contributed by atoms with van der Waals surface area (Å²) in [6.07, 6.45) is 0.829. The number of carbonyl (C=O) groups is 1. The summed E-state index contributed by atoms with van der Waals surface area (Å²) in [4.78, 5) is 20.8. The number of aryl methyl sites for hydroxylation is 2. The van der Waals surface area contributed by atoms with Crippen LogP contribution >= 0.6 is 11.3 Å². The number of sulfonamides is 1. The van der Waals surface area contributed by atoms with Crippen LogP contribution in [-0.4, -0.2) is 48.7 Å². The Morgan fingerprint density at radius 3 is 2.64 bits per heavy atom. The molecular formula is C24H28N4O3S2. The third-order valence-electron chi connectivity index (χ3n) is 5.86. The number of fused-ring (bicyclic) bond motifs is 1. The van der Waals surface area contributed by atoms with E-state index >= 15 is 0 Å². The summed E-state index contributed by atoms with van der Waals surface area (Å²) >= 11 is 1.46. The van der Waals surface area contributed by atoms with Gasteiger partial charge in [0.2, 0.25) is 15.9 Å². The van der Waals surface area contributed by atoms with Gasteiger partial charge in [-0.15, -0.1) is 11.3 Å². The van der Waals surface area contributed by atoms with Gasteiger partial charge in [0, 0.05) is 38.0 Å². The maximum atomic E-state index is 12.9. The van der Waals surface area contributed by atoms with Crippen molar-refractivity contribution in [1.82, 2.24) is 14.2 Å². The largest absolute Gasteiger partial charge is 0.301 e. The van der Waals surface area contributed by atoms with Gasteiger partial charge in [0.25, 0.3) is 0 Å². The second kappa shape index (κ2) is 9.72. The lowest BCUT2D eigenvalue weighted by molar-refractivity contribution is -0.116. The van der Waals surface area contributed by atoms with Crippen molar-refractivity contribution in [3.63, 3.8) is 0 Å². The molecule has 33 heavy (non-hydrogen) atoms. The quantitative estimate of drug-likeness (QED) is 0.554. The Labute approximate surface area is 199 Å². The normalized spacial score (nSPS) is 14.3. The molecule has 0 fully saturated rings. The van der Waals surface area contributed by atoms with E-state index in [-0.39, 0.29) is 11.4 Å². The van der Waals surface area contributed by atoms with E-state index in [1.54, 1.807) is 18.2 Å². The number of hydrogen-bond acceptors (Lipinski definition) is 6. The van der Waals surface area contributed by atoms with Gasteiger partial charge in [-0.25, -0.2) is 13.4 Å². The Balaban J connectivity index is 1.37. The van der Waals surface area contributed by atoms with Crippen molar-refractivity contribution in [3.8, 4) is 0 Å². The third kappa shape index (κ3) is 5.50. The molecule has 4 rings (SSSR count). The van der Waals surface area contributed by atoms with Gasteiger partial charge in [-0.05, 0) is 42.7 Å². The molecule has 174 valence electrons. The Hall–Kier alpha value is -2.59. The summed E-state index contributed by atoms with van der Waals surface area (Å²) in [5, 5.41) is 3.30. The van der Waals surface area contributed by atoms with E-state index in [1.807, 2.05) is 32.0 Å². The summed E-state index contributed by atoms with van der Waals surface area (Å²) in [5.74, 6) is -0.405. The van der Waals surface area contributed by atoms with Gasteiger partial charge in [0.15, 0.2) is 5.13 Å². The molecule has 1 amide bonds. The van der Waals surface area contributed by atoms with Crippen molar-refractivity contribution < 1.29 is 13.2 Å². The van der Waals surface area contributed by atoms with E-state index in [2.05, 4.69) is 27.3 Å². The molecule has 0 aliphatic carbocycles. The minimum atomic E-state index is -3.76. The molecule has 7 nitrogen and oxygen atoms in total. The number of nitrogens with one attached hydrogen (secondary N) is 1. The van der Waals surface area contributed by atoms with Crippen LogP contribution in [0.25, 0.3) is 0 Å². The fourth-order valence-corrected chi connectivity index (χ4v) is 6.06. The number of rotatable bonds is 7. The maximum Gasteiger partial charge on any atom is 0.243 e. The lowest BCUT2D eigenvalue weighted by Gasteiger charge is -2.25. The first-order valence-corrected chi connectivity index (χ1v) is 13.1. The molecule has 0 bridgehead atoms. The Morgan fingerprint density at radius 1 is 1.15 bits per heavy atom. The van der Waals surface area contributed by atoms with E-state index in [9.17, 15) is 13.2 Å². The lowest BCUT2D eigenvalue weighted by Crippen LogP contribution is -2.35. The number of nitrogens with zero attached hydrogens (tertiary/aromatic N) is 3. The first kappa shape index (κ1) is 23.6. The van der Waals surface area contributed by atoms with Crippen LogP contribution < -0.4 is 5.32 Å². The molecular weight excluding hydrogens is 456 g/mol. The van der Waals surface area contributed by atoms with Crippen LogP contribution in [0.5, 0.6) is 0 Å². The molecule has 3 aromatic rings. The van der Waals surface area contributed by atoms with Crippen LogP contribution in [0, 0.1) is 13.8 Å². The van der Waals surface area contributed by atoms with E-state index in [4.69, 9.17) is 0 Å². The Kier molecular flexibility index (Phi) is 6.94. The molecule has 2 heterocycles. The molecule has 0 unspecified atom stereocenters. The van der Waals surface area contributed by atoms with E-state index < -0.39 is 15.9 Å². The van der Waals surface area contributed by atoms with Gasteiger partial charge in [-0.1, -0.05) is 36.4 Å². The monoisotopic (exact) mass is 484 g/mol. The van der Waals surface area contributed by atoms with Crippen LogP contribution in [0.3, 0.4) is 0 Å². The van der Waals surface area contributed by atoms with Gasteiger partial charge in [0.05, 0.1) is 17.1 Å². The molecule has 1 N–H and O–H groups in total. The van der Waals surface area contributed by atoms with Crippen LogP contribution in [0.15, 0.2) is 53.4 Å². The number of hydrogen-bond donors (Lipinski definition) is 1. The highest BCUT2D eigenvalue weighted by Gasteiger charge is 2.25. The highest BCUT2D eigenvalue weighted by molar-refractivity contribution is 7.89. The average Bonchev–Trinajstić information content (AvgIpc) is 3.17. The van der Waals surface area contributed by atoms with Crippen LogP contribution in [0.1, 0.15) is 27.3 Å². The van der Waals surface area contributed by atoms with E-state index in [0.29, 0.717) is 5.13 Å². The average molecular weight is 485 g/mol. The summed E-state index contributed by atoms with van der Waals surface area (Å²) in [6.45, 7) is 6.10. The molecule has 0 saturated heterocycles. The molecule has 0 radical (unpaired) electrons. The molecule has 0 saturated carbocycles. The van der Waals surface area contributed by atoms with Crippen LogP contribution in [0.4, 0.5) is 5.13 Å². The van der Waals surface area contributed by atoms with Crippen LogP contribution in [0.2, 0.25) is 0 Å². The minimum Gasteiger partial charge on any atom is -0.301 e. The topological polar surface area (TPSA) is 82.6 Å². The zero-order valence-corrected chi connectivity index (χ0v) is 20.7. The highest BCUT2D eigenvalue weighted by Crippen LogP contribution is 2.29. The molecule has 1 aliphatic heterocycles. The van der Waals surface area contributed by atoms with Gasteiger partial charge in [0.1, 0.15) is 0 Å². The lowest BCUT2D eigenvalue weighted by atomic mass is 10.1. The predicted octanol–water partition coefficient (Wildman–Crippen LogP) is 3.58. The molecule has 2 aromatic carbocycles. The number of carbonyl (C=O) groups excluding carboxylic acids is 1. The first-order chi connectivity index (χ1) is 15.7. The fourth-order valence-electron chi connectivity index (χ4n) is 3.78. The maximum absolute atomic E-state index is 12.9. The number of amides is 1. The standard InChI is InChI=1S/C24H28N4O3S2/c1-17-9-10-20(13-18(17)2)33(30,31)27(3)16-23(29)26-24-25-21-11-12-28(15-22(21)32-24)14-19-7-5-4-6-8-19/h4-10,13H,11-12,14-16H2,1-3H3,(H,25,26,29). The molecule has 1 aliphatic rings. The molecule has 9 heteroatoms. The first-order valence-electron chi connectivity index (χ1n) is 10.8. The zero-order valence-electron chi connectivity index (χ0n) is 19.0. The fraction of sp³-hybridized carbons (Fsp3) is 0.333. The molecule has 0 spiro atoms.